The summed E-state index contributed by atoms with van der Waals surface area (Å²) in [4.78, 5) is 7.16. The van der Waals surface area contributed by atoms with Gasteiger partial charge in [-0.2, -0.15) is 0 Å². The van der Waals surface area contributed by atoms with Crippen molar-refractivity contribution < 1.29 is 4.74 Å². The summed E-state index contributed by atoms with van der Waals surface area (Å²) in [5.74, 6) is 1.89. The van der Waals surface area contributed by atoms with Gasteiger partial charge in [0.25, 0.3) is 0 Å². The minimum absolute atomic E-state index is 0. The SMILES string of the molecule is CN=C(NCCc1ccc(C)c(OC)c1)NC1CCN(C2CCCCC2)CC1.I. The van der Waals surface area contributed by atoms with Gasteiger partial charge in [-0.3, -0.25) is 4.99 Å². The topological polar surface area (TPSA) is 48.9 Å². The molecule has 5 nitrogen and oxygen atoms in total. The van der Waals surface area contributed by atoms with E-state index in [0.717, 1.165) is 30.7 Å². The van der Waals surface area contributed by atoms with Crippen LogP contribution in [0, 0.1) is 6.92 Å². The normalized spacial score (nSPS) is 19.5. The lowest BCUT2D eigenvalue weighted by Crippen LogP contribution is -2.51. The number of nitrogens with one attached hydrogen (secondary N) is 2. The lowest BCUT2D eigenvalue weighted by atomic mass is 9.92. The number of hydrogen-bond acceptors (Lipinski definition) is 3. The van der Waals surface area contributed by atoms with Crippen molar-refractivity contribution in [3.8, 4) is 5.75 Å². The number of piperidine rings is 1. The van der Waals surface area contributed by atoms with Crippen molar-refractivity contribution in [2.75, 3.05) is 33.8 Å². The van der Waals surface area contributed by atoms with Crippen LogP contribution in [0.25, 0.3) is 0 Å². The lowest BCUT2D eigenvalue weighted by Gasteiger charge is -2.39. The Balaban J connectivity index is 0.00000300. The Hall–Kier alpha value is -1.02. The highest BCUT2D eigenvalue weighted by atomic mass is 127. The fraction of sp³-hybridized carbons (Fsp3) is 0.696. The van der Waals surface area contributed by atoms with E-state index in [1.165, 1.54) is 69.2 Å². The number of aryl methyl sites for hydroxylation is 1. The minimum atomic E-state index is 0. The number of ether oxygens (including phenoxy) is 1. The van der Waals surface area contributed by atoms with Crippen LogP contribution >= 0.6 is 24.0 Å². The molecule has 0 amide bonds. The van der Waals surface area contributed by atoms with E-state index in [2.05, 4.69) is 45.6 Å². The molecule has 1 aliphatic heterocycles. The number of aliphatic imine (C=N–C) groups is 1. The van der Waals surface area contributed by atoms with Crippen molar-refractivity contribution in [2.24, 2.45) is 4.99 Å². The fourth-order valence-electron chi connectivity index (χ4n) is 4.59. The maximum atomic E-state index is 5.43. The molecule has 0 unspecified atom stereocenters. The molecule has 0 radical (unpaired) electrons. The summed E-state index contributed by atoms with van der Waals surface area (Å²) in [6.45, 7) is 5.39. The van der Waals surface area contributed by atoms with Crippen molar-refractivity contribution in [3.63, 3.8) is 0 Å². The van der Waals surface area contributed by atoms with E-state index in [0.29, 0.717) is 6.04 Å². The van der Waals surface area contributed by atoms with Gasteiger partial charge in [0.2, 0.25) is 0 Å². The van der Waals surface area contributed by atoms with Gasteiger partial charge in [-0.15, -0.1) is 24.0 Å². The predicted octanol–water partition coefficient (Wildman–Crippen LogP) is 4.13. The van der Waals surface area contributed by atoms with E-state index < -0.39 is 0 Å². The number of guanidine groups is 1. The second-order valence-corrected chi connectivity index (χ2v) is 8.30. The first-order valence-electron chi connectivity index (χ1n) is 11.0. The van der Waals surface area contributed by atoms with Gasteiger partial charge >= 0.3 is 0 Å². The van der Waals surface area contributed by atoms with Gasteiger partial charge in [0.1, 0.15) is 5.75 Å². The van der Waals surface area contributed by atoms with E-state index in [4.69, 9.17) is 4.74 Å². The van der Waals surface area contributed by atoms with E-state index in [9.17, 15) is 0 Å². The van der Waals surface area contributed by atoms with Gasteiger partial charge < -0.3 is 20.3 Å². The summed E-state index contributed by atoms with van der Waals surface area (Å²) >= 11 is 0. The second-order valence-electron chi connectivity index (χ2n) is 8.30. The van der Waals surface area contributed by atoms with Crippen LogP contribution in [0.15, 0.2) is 23.2 Å². The van der Waals surface area contributed by atoms with Gasteiger partial charge in [-0.25, -0.2) is 0 Å². The van der Waals surface area contributed by atoms with E-state index >= 15 is 0 Å². The Morgan fingerprint density at radius 2 is 1.86 bits per heavy atom. The van der Waals surface area contributed by atoms with Crippen molar-refractivity contribution in [1.29, 1.82) is 0 Å². The van der Waals surface area contributed by atoms with Crippen molar-refractivity contribution >= 4 is 29.9 Å². The van der Waals surface area contributed by atoms with E-state index in [1.807, 2.05) is 7.05 Å². The van der Waals surface area contributed by atoms with Crippen LogP contribution in [-0.4, -0.2) is 56.7 Å². The minimum Gasteiger partial charge on any atom is -0.496 e. The maximum Gasteiger partial charge on any atom is 0.191 e. The van der Waals surface area contributed by atoms with Crippen molar-refractivity contribution in [3.05, 3.63) is 29.3 Å². The molecule has 0 bridgehead atoms. The maximum absolute atomic E-state index is 5.43. The van der Waals surface area contributed by atoms with Gasteiger partial charge in [-0.1, -0.05) is 31.4 Å². The van der Waals surface area contributed by atoms with Crippen molar-refractivity contribution in [1.82, 2.24) is 15.5 Å². The van der Waals surface area contributed by atoms with E-state index in [1.54, 1.807) is 7.11 Å². The average molecular weight is 514 g/mol. The molecule has 1 aromatic rings. The molecule has 2 N–H and O–H groups in total. The Bertz CT molecular complexity index is 638. The molecule has 2 aliphatic rings. The first-order valence-corrected chi connectivity index (χ1v) is 11.0. The Kier molecular flexibility index (Phi) is 10.6. The molecule has 1 heterocycles. The number of methoxy groups -OCH3 is 1. The largest absolute Gasteiger partial charge is 0.496 e. The fourth-order valence-corrected chi connectivity index (χ4v) is 4.59. The third-order valence-corrected chi connectivity index (χ3v) is 6.36. The zero-order valence-electron chi connectivity index (χ0n) is 18.4. The number of likely N-dealkylation sites (tertiary alicyclic amines) is 1. The van der Waals surface area contributed by atoms with Crippen molar-refractivity contribution in [2.45, 2.75) is 70.4 Å². The molecule has 29 heavy (non-hydrogen) atoms. The van der Waals surface area contributed by atoms with Gasteiger partial charge in [0.15, 0.2) is 5.96 Å². The molecule has 3 rings (SSSR count). The Morgan fingerprint density at radius 3 is 2.52 bits per heavy atom. The summed E-state index contributed by atoms with van der Waals surface area (Å²) in [5, 5.41) is 7.11. The number of hydrogen-bond donors (Lipinski definition) is 2. The first-order chi connectivity index (χ1) is 13.7. The molecule has 164 valence electrons. The number of halogens is 1. The zero-order chi connectivity index (χ0) is 19.8. The number of rotatable bonds is 6. The molecule has 6 heteroatoms. The second kappa shape index (κ2) is 12.6. The summed E-state index contributed by atoms with van der Waals surface area (Å²) in [6, 6.07) is 7.82. The smallest absolute Gasteiger partial charge is 0.191 e. The van der Waals surface area contributed by atoms with Gasteiger partial charge in [0.05, 0.1) is 7.11 Å². The number of nitrogens with zero attached hydrogens (tertiary/aromatic N) is 2. The predicted molar refractivity (Wildman–Crippen MR) is 133 cm³/mol. The molecular weight excluding hydrogens is 475 g/mol. The van der Waals surface area contributed by atoms with Crippen LogP contribution in [0.2, 0.25) is 0 Å². The molecule has 0 atom stereocenters. The molecule has 0 spiro atoms. The molecule has 1 aromatic carbocycles. The van der Waals surface area contributed by atoms with E-state index in [-0.39, 0.29) is 24.0 Å². The quantitative estimate of drug-likeness (QED) is 0.341. The third kappa shape index (κ3) is 7.31. The highest BCUT2D eigenvalue weighted by molar-refractivity contribution is 14.0. The van der Waals surface area contributed by atoms with Crippen LogP contribution in [0.3, 0.4) is 0 Å². The summed E-state index contributed by atoms with van der Waals surface area (Å²) in [5.41, 5.74) is 2.46. The molecule has 2 fully saturated rings. The monoisotopic (exact) mass is 514 g/mol. The standard InChI is InChI=1S/C23H38N4O.HI/c1-18-9-10-19(17-22(18)28-3)11-14-25-23(24-2)26-20-12-15-27(16-13-20)21-7-5-4-6-8-21;/h9-10,17,20-21H,4-8,11-16H2,1-3H3,(H2,24,25,26);1H. The van der Waals surface area contributed by atoms with Crippen LogP contribution in [0.1, 0.15) is 56.1 Å². The third-order valence-electron chi connectivity index (χ3n) is 6.36. The molecule has 1 aliphatic carbocycles. The van der Waals surface area contributed by atoms with Crippen LogP contribution < -0.4 is 15.4 Å². The average Bonchev–Trinajstić information content (AvgIpc) is 2.75. The van der Waals surface area contributed by atoms with Crippen LogP contribution in [0.4, 0.5) is 0 Å². The summed E-state index contributed by atoms with van der Waals surface area (Å²) in [7, 11) is 3.59. The molecule has 0 aromatic heterocycles. The van der Waals surface area contributed by atoms with Crippen LogP contribution in [0.5, 0.6) is 5.75 Å². The molecule has 1 saturated carbocycles. The highest BCUT2D eigenvalue weighted by Gasteiger charge is 2.26. The number of benzene rings is 1. The highest BCUT2D eigenvalue weighted by Crippen LogP contribution is 2.25. The first kappa shape index (κ1) is 24.3. The zero-order valence-corrected chi connectivity index (χ0v) is 20.7. The summed E-state index contributed by atoms with van der Waals surface area (Å²) < 4.78 is 5.43. The molecule has 1 saturated heterocycles. The Morgan fingerprint density at radius 1 is 1.14 bits per heavy atom. The van der Waals surface area contributed by atoms with Gasteiger partial charge in [0, 0.05) is 38.8 Å². The van der Waals surface area contributed by atoms with Crippen LogP contribution in [-0.2, 0) is 6.42 Å². The summed E-state index contributed by atoms with van der Waals surface area (Å²) in [6.07, 6.45) is 10.5. The molecular formula is C23H39IN4O. The lowest BCUT2D eigenvalue weighted by molar-refractivity contribution is 0.119. The Labute approximate surface area is 194 Å². The van der Waals surface area contributed by atoms with Gasteiger partial charge in [-0.05, 0) is 56.2 Å².